The van der Waals surface area contributed by atoms with Crippen molar-refractivity contribution in [2.75, 3.05) is 34.0 Å². The van der Waals surface area contributed by atoms with Crippen LogP contribution < -0.4 is 10.6 Å². The maximum absolute atomic E-state index is 13.6. The lowest BCUT2D eigenvalue weighted by atomic mass is 9.98. The number of imidazole rings is 2. The Morgan fingerprint density at radius 3 is 1.88 bits per heavy atom. The quantitative estimate of drug-likeness (QED) is 0.0938. The first-order chi connectivity index (χ1) is 27.2. The highest BCUT2D eigenvalue weighted by atomic mass is 16.5. The molecule has 0 aliphatic carbocycles. The van der Waals surface area contributed by atoms with Gasteiger partial charge in [0.05, 0.1) is 55.7 Å². The average molecular weight is 761 g/mol. The monoisotopic (exact) mass is 760 g/mol. The van der Waals surface area contributed by atoms with E-state index in [1.165, 1.54) is 7.11 Å². The molecule has 4 unspecified atom stereocenters. The van der Waals surface area contributed by atoms with Gasteiger partial charge in [0.15, 0.2) is 0 Å². The van der Waals surface area contributed by atoms with E-state index in [0.29, 0.717) is 19.7 Å². The van der Waals surface area contributed by atoms with Gasteiger partial charge in [-0.15, -0.1) is 0 Å². The van der Waals surface area contributed by atoms with E-state index in [2.05, 4.69) is 81.3 Å². The maximum Gasteiger partial charge on any atom is 0.407 e. The number of alkyl carbamates (subject to hydrolysis) is 1. The molecule has 7 rings (SSSR count). The number of likely N-dealkylation sites (tertiary alicyclic amines) is 2. The molecule has 0 bridgehead atoms. The molecular formula is C43H52N8O5. The van der Waals surface area contributed by atoms with Crippen molar-refractivity contribution in [3.8, 4) is 33.6 Å². The number of aromatic amines is 2. The number of nitrogens with zero attached hydrogens (tertiary/aromatic N) is 4. The molecule has 294 valence electrons. The second kappa shape index (κ2) is 17.1. The lowest BCUT2D eigenvalue weighted by Crippen LogP contribution is -2.51. The van der Waals surface area contributed by atoms with Crippen LogP contribution >= 0.6 is 0 Å². The van der Waals surface area contributed by atoms with Crippen molar-refractivity contribution in [3.63, 3.8) is 0 Å². The fourth-order valence-corrected chi connectivity index (χ4v) is 8.04. The van der Waals surface area contributed by atoms with Gasteiger partial charge in [-0.2, -0.15) is 0 Å². The molecule has 56 heavy (non-hydrogen) atoms. The van der Waals surface area contributed by atoms with E-state index in [9.17, 15) is 14.4 Å². The van der Waals surface area contributed by atoms with Crippen molar-refractivity contribution >= 4 is 28.7 Å². The Balaban J connectivity index is 1.02. The van der Waals surface area contributed by atoms with Crippen LogP contribution in [0.2, 0.25) is 0 Å². The molecule has 4 N–H and O–H groups in total. The summed E-state index contributed by atoms with van der Waals surface area (Å²) in [5, 5.41) is 8.15. The highest BCUT2D eigenvalue weighted by Gasteiger charge is 2.38. The summed E-state index contributed by atoms with van der Waals surface area (Å²) in [5.41, 5.74) is 6.06. The highest BCUT2D eigenvalue weighted by molar-refractivity contribution is 5.91. The minimum Gasteiger partial charge on any atom is -0.453 e. The zero-order chi connectivity index (χ0) is 39.3. The molecule has 4 heterocycles. The number of ether oxygens (including phenoxy) is 2. The number of benzene rings is 3. The van der Waals surface area contributed by atoms with Crippen LogP contribution in [0.1, 0.15) is 76.6 Å². The fourth-order valence-electron chi connectivity index (χ4n) is 8.04. The number of carbonyl (C=O) groups excluding carboxylic acids is 3. The molecule has 2 saturated heterocycles. The van der Waals surface area contributed by atoms with Gasteiger partial charge in [-0.25, -0.2) is 14.8 Å². The third-order valence-electron chi connectivity index (χ3n) is 11.1. The summed E-state index contributed by atoms with van der Waals surface area (Å²) in [7, 11) is 2.92. The topological polar surface area (TPSA) is 158 Å². The lowest BCUT2D eigenvalue weighted by molar-refractivity contribution is -0.136. The number of H-pyrrole nitrogens is 2. The first kappa shape index (κ1) is 38.7. The summed E-state index contributed by atoms with van der Waals surface area (Å²) in [4.78, 5) is 59.1. The number of hydrogen-bond donors (Lipinski definition) is 4. The van der Waals surface area contributed by atoms with Gasteiger partial charge in [0.1, 0.15) is 17.7 Å². The Labute approximate surface area is 327 Å². The van der Waals surface area contributed by atoms with Crippen molar-refractivity contribution in [2.24, 2.45) is 5.92 Å². The fraction of sp³-hybridized carbons (Fsp3) is 0.419. The first-order valence-corrected chi connectivity index (χ1v) is 19.6. The number of nitrogens with one attached hydrogen (secondary N) is 4. The lowest BCUT2D eigenvalue weighted by Gasteiger charge is -2.30. The summed E-state index contributed by atoms with van der Waals surface area (Å²) in [6.07, 6.45) is 7.24. The number of amides is 3. The molecule has 2 fully saturated rings. The predicted octanol–water partition coefficient (Wildman–Crippen LogP) is 6.97. The van der Waals surface area contributed by atoms with Gasteiger partial charge >= 0.3 is 6.09 Å². The van der Waals surface area contributed by atoms with Crippen molar-refractivity contribution in [3.05, 3.63) is 84.7 Å². The van der Waals surface area contributed by atoms with Gasteiger partial charge in [-0.1, -0.05) is 69.3 Å². The van der Waals surface area contributed by atoms with E-state index in [0.717, 1.165) is 88.3 Å². The van der Waals surface area contributed by atoms with Crippen molar-refractivity contribution in [1.82, 2.24) is 40.4 Å². The van der Waals surface area contributed by atoms with Crippen LogP contribution in [-0.4, -0.2) is 93.8 Å². The number of aromatic nitrogens is 4. The summed E-state index contributed by atoms with van der Waals surface area (Å²) < 4.78 is 9.91. The number of methoxy groups -OCH3 is 2. The second-order valence-corrected chi connectivity index (χ2v) is 15.1. The van der Waals surface area contributed by atoms with Gasteiger partial charge in [0.25, 0.3) is 0 Å². The Kier molecular flexibility index (Phi) is 11.8. The summed E-state index contributed by atoms with van der Waals surface area (Å²) in [5.74, 6) is 1.42. The van der Waals surface area contributed by atoms with Gasteiger partial charge in [0, 0.05) is 25.8 Å². The van der Waals surface area contributed by atoms with Crippen LogP contribution in [0.15, 0.2) is 73.1 Å². The molecule has 3 amide bonds. The van der Waals surface area contributed by atoms with Crippen molar-refractivity contribution < 1.29 is 23.9 Å². The number of fused-ring (bicyclic) bond motifs is 1. The molecule has 0 spiro atoms. The van der Waals surface area contributed by atoms with Gasteiger partial charge in [-0.05, 0) is 77.6 Å². The highest BCUT2D eigenvalue weighted by Crippen LogP contribution is 2.35. The third kappa shape index (κ3) is 8.05. The first-order valence-electron chi connectivity index (χ1n) is 19.6. The van der Waals surface area contributed by atoms with E-state index in [1.807, 2.05) is 43.0 Å². The van der Waals surface area contributed by atoms with E-state index in [-0.39, 0.29) is 35.9 Å². The second-order valence-electron chi connectivity index (χ2n) is 15.1. The van der Waals surface area contributed by atoms with Crippen LogP contribution in [0.3, 0.4) is 0 Å². The molecule has 2 aliphatic heterocycles. The molecule has 3 aromatic carbocycles. The molecule has 0 radical (unpaired) electrons. The standard InChI is InChI=1S/C43H52N8O5/c1-6-33(46-25-55-4)41(52)50-19-7-9-36(50)39-45-24-35(48-39)32-18-17-30-21-29(15-16-31(30)22-32)27-11-13-28(14-12-27)34-23-44-40(47-34)37-10-8-20-51(37)42(53)38(26(2)3)49-43(54)56-5/h11-18,21-24,26,33,36-38,46H,6-10,19-20,25H2,1-5H3,(H,44,47)(H,45,48)(H,49,54). The van der Waals surface area contributed by atoms with Crippen molar-refractivity contribution in [2.45, 2.75) is 77.0 Å². The molecule has 13 heteroatoms. The third-order valence-corrected chi connectivity index (χ3v) is 11.1. The van der Waals surface area contributed by atoms with Crippen LogP contribution in [0.4, 0.5) is 4.79 Å². The number of rotatable bonds is 13. The van der Waals surface area contributed by atoms with E-state index in [1.54, 1.807) is 7.11 Å². The van der Waals surface area contributed by atoms with Crippen molar-refractivity contribution in [1.29, 1.82) is 0 Å². The van der Waals surface area contributed by atoms with Crippen LogP contribution in [0.25, 0.3) is 44.4 Å². The zero-order valence-electron chi connectivity index (χ0n) is 32.8. The van der Waals surface area contributed by atoms with Crippen LogP contribution in [0, 0.1) is 5.92 Å². The Bertz CT molecular complexity index is 2160. The predicted molar refractivity (Wildman–Crippen MR) is 215 cm³/mol. The minimum atomic E-state index is -0.678. The smallest absolute Gasteiger partial charge is 0.407 e. The average Bonchev–Trinajstić information content (AvgIpc) is 4.06. The summed E-state index contributed by atoms with van der Waals surface area (Å²) in [6, 6.07) is 20.1. The number of carbonyl (C=O) groups is 3. The van der Waals surface area contributed by atoms with E-state index in [4.69, 9.17) is 19.4 Å². The molecule has 2 aromatic heterocycles. The van der Waals surface area contributed by atoms with Crippen LogP contribution in [-0.2, 0) is 19.1 Å². The van der Waals surface area contributed by atoms with Crippen LogP contribution in [0.5, 0.6) is 0 Å². The van der Waals surface area contributed by atoms with Gasteiger partial charge in [0.2, 0.25) is 11.8 Å². The molecule has 13 nitrogen and oxygen atoms in total. The molecule has 4 atom stereocenters. The Hall–Kier alpha value is -5.53. The molecule has 0 saturated carbocycles. The van der Waals surface area contributed by atoms with E-state index >= 15 is 0 Å². The van der Waals surface area contributed by atoms with Gasteiger partial charge < -0.3 is 34.6 Å². The molecular weight excluding hydrogens is 709 g/mol. The SMILES string of the molecule is CCC(NCOC)C(=O)N1CCCC1c1ncc(-c2ccc3cc(-c4ccc(-c5cnc(C6CCCN6C(=O)C(NC(=O)OC)C(C)C)[nH]5)cc4)ccc3c2)[nH]1. The van der Waals surface area contributed by atoms with E-state index < -0.39 is 12.1 Å². The number of hydrogen-bond acceptors (Lipinski definition) is 8. The maximum atomic E-state index is 13.6. The zero-order valence-corrected chi connectivity index (χ0v) is 32.8. The van der Waals surface area contributed by atoms with Gasteiger partial charge in [-0.3, -0.25) is 14.9 Å². The molecule has 5 aromatic rings. The minimum absolute atomic E-state index is 0.0754. The summed E-state index contributed by atoms with van der Waals surface area (Å²) in [6.45, 7) is 7.49. The molecule has 2 aliphatic rings. The Morgan fingerprint density at radius 1 is 0.768 bits per heavy atom. The Morgan fingerprint density at radius 2 is 1.30 bits per heavy atom. The summed E-state index contributed by atoms with van der Waals surface area (Å²) >= 11 is 0. The largest absolute Gasteiger partial charge is 0.453 e. The normalized spacial score (nSPS) is 18.1.